The van der Waals surface area contributed by atoms with E-state index in [0.717, 1.165) is 23.3 Å². The van der Waals surface area contributed by atoms with Crippen LogP contribution < -0.4 is 0 Å². The molecule has 0 unspecified atom stereocenters. The van der Waals surface area contributed by atoms with Crippen LogP contribution in [-0.2, 0) is 9.84 Å². The summed E-state index contributed by atoms with van der Waals surface area (Å²) in [5.41, 5.74) is 1.96. The zero-order valence-electron chi connectivity index (χ0n) is 11.6. The summed E-state index contributed by atoms with van der Waals surface area (Å²) in [4.78, 5) is 0.278. The highest BCUT2D eigenvalue weighted by Crippen LogP contribution is 2.25. The van der Waals surface area contributed by atoms with Crippen molar-refractivity contribution in [1.82, 2.24) is 0 Å². The van der Waals surface area contributed by atoms with Gasteiger partial charge >= 0.3 is 0 Å². The van der Waals surface area contributed by atoms with E-state index in [1.807, 2.05) is 30.3 Å². The predicted octanol–water partition coefficient (Wildman–Crippen LogP) is 4.33. The second-order valence-electron chi connectivity index (χ2n) is 4.85. The van der Waals surface area contributed by atoms with E-state index >= 15 is 0 Å². The topological polar surface area (TPSA) is 34.1 Å². The van der Waals surface area contributed by atoms with Crippen molar-refractivity contribution in [2.45, 2.75) is 9.79 Å². The molecular formula is C18H13FO2S. The molecule has 0 amide bonds. The lowest BCUT2D eigenvalue weighted by molar-refractivity contribution is 0.595. The molecule has 0 fully saturated rings. The van der Waals surface area contributed by atoms with Crippen molar-refractivity contribution in [3.63, 3.8) is 0 Å². The third-order valence-corrected chi connectivity index (χ3v) is 5.18. The predicted molar refractivity (Wildman–Crippen MR) is 83.7 cm³/mol. The molecule has 0 atom stereocenters. The number of halogens is 1. The minimum absolute atomic E-state index is 0.0846. The summed E-state index contributed by atoms with van der Waals surface area (Å²) in [7, 11) is -3.62. The van der Waals surface area contributed by atoms with Crippen molar-refractivity contribution in [3.05, 3.63) is 84.7 Å². The van der Waals surface area contributed by atoms with Gasteiger partial charge < -0.3 is 0 Å². The number of hydrogen-bond donors (Lipinski definition) is 0. The molecule has 3 aromatic rings. The minimum Gasteiger partial charge on any atom is -0.219 e. The van der Waals surface area contributed by atoms with Gasteiger partial charge in [0, 0.05) is 0 Å². The van der Waals surface area contributed by atoms with Crippen LogP contribution >= 0.6 is 0 Å². The molecule has 0 N–H and O–H groups in total. The SMILES string of the molecule is O=S(=O)(c1ccc(F)cc1)c1ccc(-c2ccccc2)cc1. The lowest BCUT2D eigenvalue weighted by atomic mass is 10.1. The van der Waals surface area contributed by atoms with Gasteiger partial charge in [0.2, 0.25) is 9.84 Å². The maximum atomic E-state index is 12.9. The molecule has 0 saturated carbocycles. The Kier molecular flexibility index (Phi) is 3.77. The summed E-state index contributed by atoms with van der Waals surface area (Å²) in [5.74, 6) is -0.460. The van der Waals surface area contributed by atoms with Crippen molar-refractivity contribution in [2.75, 3.05) is 0 Å². The van der Waals surface area contributed by atoms with Gasteiger partial charge in [0.25, 0.3) is 0 Å². The fourth-order valence-electron chi connectivity index (χ4n) is 2.21. The maximum Gasteiger partial charge on any atom is 0.206 e. The summed E-state index contributed by atoms with van der Waals surface area (Å²) < 4.78 is 37.9. The average molecular weight is 312 g/mol. The Balaban J connectivity index is 1.97. The van der Waals surface area contributed by atoms with E-state index in [2.05, 4.69) is 0 Å². The summed E-state index contributed by atoms with van der Waals surface area (Å²) in [5, 5.41) is 0. The van der Waals surface area contributed by atoms with Crippen LogP contribution in [0.1, 0.15) is 0 Å². The van der Waals surface area contributed by atoms with E-state index in [1.165, 1.54) is 12.1 Å². The standard InChI is InChI=1S/C18H13FO2S/c19-16-8-12-18(13-9-16)22(20,21)17-10-6-15(7-11-17)14-4-2-1-3-5-14/h1-13H. The Hall–Kier alpha value is -2.46. The van der Waals surface area contributed by atoms with Crippen LogP contribution in [-0.4, -0.2) is 8.42 Å². The Morgan fingerprint density at radius 3 is 1.59 bits per heavy atom. The van der Waals surface area contributed by atoms with E-state index in [-0.39, 0.29) is 9.79 Å². The molecule has 0 radical (unpaired) electrons. The molecule has 0 bridgehead atoms. The van der Waals surface area contributed by atoms with Crippen LogP contribution in [0.25, 0.3) is 11.1 Å². The zero-order chi connectivity index (χ0) is 15.6. The Labute approximate surface area is 128 Å². The van der Waals surface area contributed by atoms with Gasteiger partial charge in [-0.15, -0.1) is 0 Å². The van der Waals surface area contributed by atoms with E-state index in [0.29, 0.717) is 0 Å². The fourth-order valence-corrected chi connectivity index (χ4v) is 3.47. The largest absolute Gasteiger partial charge is 0.219 e. The molecule has 0 aliphatic heterocycles. The summed E-state index contributed by atoms with van der Waals surface area (Å²) in [6.45, 7) is 0. The molecule has 0 aliphatic rings. The number of benzene rings is 3. The van der Waals surface area contributed by atoms with E-state index in [9.17, 15) is 12.8 Å². The molecule has 0 heterocycles. The lowest BCUT2D eigenvalue weighted by Crippen LogP contribution is -2.01. The third kappa shape index (κ3) is 2.78. The van der Waals surface area contributed by atoms with Crippen LogP contribution in [0.15, 0.2) is 88.7 Å². The molecule has 22 heavy (non-hydrogen) atoms. The fraction of sp³-hybridized carbons (Fsp3) is 0. The lowest BCUT2D eigenvalue weighted by Gasteiger charge is -2.06. The molecule has 0 spiro atoms. The number of hydrogen-bond acceptors (Lipinski definition) is 2. The molecule has 3 rings (SSSR count). The quantitative estimate of drug-likeness (QED) is 0.675. The van der Waals surface area contributed by atoms with Crippen molar-refractivity contribution in [2.24, 2.45) is 0 Å². The zero-order valence-corrected chi connectivity index (χ0v) is 12.4. The van der Waals surface area contributed by atoms with Crippen LogP contribution in [0.3, 0.4) is 0 Å². The Morgan fingerprint density at radius 1 is 0.591 bits per heavy atom. The molecule has 2 nitrogen and oxygen atoms in total. The monoisotopic (exact) mass is 312 g/mol. The molecule has 0 aliphatic carbocycles. The minimum atomic E-state index is -3.62. The second-order valence-corrected chi connectivity index (χ2v) is 6.80. The van der Waals surface area contributed by atoms with E-state index in [4.69, 9.17) is 0 Å². The van der Waals surface area contributed by atoms with Crippen molar-refractivity contribution < 1.29 is 12.8 Å². The van der Waals surface area contributed by atoms with Crippen LogP contribution in [0, 0.1) is 5.82 Å². The van der Waals surface area contributed by atoms with E-state index < -0.39 is 15.7 Å². The van der Waals surface area contributed by atoms with Gasteiger partial charge in [0.15, 0.2) is 0 Å². The molecule has 3 aromatic carbocycles. The van der Waals surface area contributed by atoms with Gasteiger partial charge in [-0.25, -0.2) is 12.8 Å². The van der Waals surface area contributed by atoms with Crippen LogP contribution in [0.5, 0.6) is 0 Å². The molecular weight excluding hydrogens is 299 g/mol. The first kappa shape index (κ1) is 14.5. The molecule has 110 valence electrons. The summed E-state index contributed by atoms with van der Waals surface area (Å²) >= 11 is 0. The maximum absolute atomic E-state index is 12.9. The first-order valence-corrected chi connectivity index (χ1v) is 8.22. The highest BCUT2D eigenvalue weighted by Gasteiger charge is 2.17. The van der Waals surface area contributed by atoms with E-state index in [1.54, 1.807) is 24.3 Å². The van der Waals surface area contributed by atoms with Gasteiger partial charge in [-0.3, -0.25) is 0 Å². The summed E-state index contributed by atoms with van der Waals surface area (Å²) in [6.07, 6.45) is 0. The van der Waals surface area contributed by atoms with Gasteiger partial charge in [-0.05, 0) is 47.5 Å². The normalized spacial score (nSPS) is 11.3. The first-order valence-electron chi connectivity index (χ1n) is 6.73. The van der Waals surface area contributed by atoms with Gasteiger partial charge in [-0.1, -0.05) is 42.5 Å². The van der Waals surface area contributed by atoms with Gasteiger partial charge in [0.05, 0.1) is 9.79 Å². The van der Waals surface area contributed by atoms with Gasteiger partial charge in [-0.2, -0.15) is 0 Å². The average Bonchev–Trinajstić information content (AvgIpc) is 2.56. The molecule has 0 saturated heterocycles. The highest BCUT2D eigenvalue weighted by atomic mass is 32.2. The Morgan fingerprint density at radius 2 is 1.05 bits per heavy atom. The number of sulfone groups is 1. The number of rotatable bonds is 3. The molecule has 0 aromatic heterocycles. The van der Waals surface area contributed by atoms with Crippen molar-refractivity contribution in [1.29, 1.82) is 0 Å². The van der Waals surface area contributed by atoms with Crippen molar-refractivity contribution in [3.8, 4) is 11.1 Å². The molecule has 4 heteroatoms. The highest BCUT2D eigenvalue weighted by molar-refractivity contribution is 7.91. The first-order chi connectivity index (χ1) is 10.6. The Bertz CT molecular complexity index is 869. The van der Waals surface area contributed by atoms with Gasteiger partial charge in [0.1, 0.15) is 5.82 Å². The third-order valence-electron chi connectivity index (χ3n) is 3.40. The van der Waals surface area contributed by atoms with Crippen LogP contribution in [0.4, 0.5) is 4.39 Å². The summed E-state index contributed by atoms with van der Waals surface area (Å²) in [6, 6.07) is 21.2. The smallest absolute Gasteiger partial charge is 0.206 e. The van der Waals surface area contributed by atoms with Crippen LogP contribution in [0.2, 0.25) is 0 Å². The van der Waals surface area contributed by atoms with Crippen molar-refractivity contribution >= 4 is 9.84 Å². The second kappa shape index (κ2) is 5.73.